The minimum atomic E-state index is -0.0181. The Bertz CT molecular complexity index is 564. The molecular formula is C15H16N2. The van der Waals surface area contributed by atoms with Crippen molar-refractivity contribution in [3.8, 4) is 11.8 Å². The quantitative estimate of drug-likeness (QED) is 0.796. The van der Waals surface area contributed by atoms with Crippen LogP contribution in [0.5, 0.6) is 0 Å². The van der Waals surface area contributed by atoms with Crippen molar-refractivity contribution in [2.75, 3.05) is 0 Å². The maximum atomic E-state index is 5.73. The van der Waals surface area contributed by atoms with Gasteiger partial charge in [0.05, 0.1) is 23.7 Å². The van der Waals surface area contributed by atoms with Gasteiger partial charge in [-0.2, -0.15) is 0 Å². The van der Waals surface area contributed by atoms with E-state index in [9.17, 15) is 0 Å². The fourth-order valence-corrected chi connectivity index (χ4v) is 1.58. The van der Waals surface area contributed by atoms with Gasteiger partial charge in [-0.15, -0.1) is 0 Å². The number of aromatic nitrogens is 1. The van der Waals surface area contributed by atoms with Crippen molar-refractivity contribution >= 4 is 10.9 Å². The largest absolute Gasteiger partial charge is 0.318 e. The van der Waals surface area contributed by atoms with Crippen LogP contribution in [0.25, 0.3) is 10.9 Å². The summed E-state index contributed by atoms with van der Waals surface area (Å²) >= 11 is 0. The predicted octanol–water partition coefficient (Wildman–Crippen LogP) is 2.52. The Morgan fingerprint density at radius 1 is 1.24 bits per heavy atom. The van der Waals surface area contributed by atoms with Crippen molar-refractivity contribution in [1.29, 1.82) is 0 Å². The van der Waals surface area contributed by atoms with E-state index in [4.69, 9.17) is 5.73 Å². The number of hydrogen-bond acceptors (Lipinski definition) is 2. The number of nitrogens with zero attached hydrogens (tertiary/aromatic N) is 1. The van der Waals surface area contributed by atoms with Crippen LogP contribution in [-0.4, -0.2) is 11.0 Å². The van der Waals surface area contributed by atoms with E-state index in [0.717, 1.165) is 23.0 Å². The average Bonchev–Trinajstić information content (AvgIpc) is 2.38. The van der Waals surface area contributed by atoms with E-state index in [2.05, 4.69) is 29.0 Å². The third-order valence-corrected chi connectivity index (χ3v) is 2.65. The Kier molecular flexibility index (Phi) is 3.74. The van der Waals surface area contributed by atoms with Gasteiger partial charge in [-0.1, -0.05) is 43.0 Å². The summed E-state index contributed by atoms with van der Waals surface area (Å²) in [4.78, 5) is 4.55. The Balaban J connectivity index is 2.16. The van der Waals surface area contributed by atoms with E-state index in [0.29, 0.717) is 6.42 Å². The molecule has 0 saturated carbocycles. The zero-order chi connectivity index (χ0) is 12.1. The van der Waals surface area contributed by atoms with Crippen LogP contribution in [-0.2, 0) is 6.42 Å². The van der Waals surface area contributed by atoms with Gasteiger partial charge in [0.1, 0.15) is 0 Å². The SMILES string of the molecule is CCC(N)C#CCc1ccc2ccccc2n1. The lowest BCUT2D eigenvalue weighted by atomic mass is 10.1. The van der Waals surface area contributed by atoms with Crippen molar-refractivity contribution < 1.29 is 0 Å². The van der Waals surface area contributed by atoms with Gasteiger partial charge in [0, 0.05) is 5.39 Å². The summed E-state index contributed by atoms with van der Waals surface area (Å²) in [6.07, 6.45) is 1.55. The number of para-hydroxylation sites is 1. The minimum Gasteiger partial charge on any atom is -0.318 e. The highest BCUT2D eigenvalue weighted by atomic mass is 14.7. The first-order valence-electron chi connectivity index (χ1n) is 5.88. The second-order valence-corrected chi connectivity index (χ2v) is 4.01. The van der Waals surface area contributed by atoms with Gasteiger partial charge >= 0.3 is 0 Å². The van der Waals surface area contributed by atoms with Crippen LogP contribution >= 0.6 is 0 Å². The summed E-state index contributed by atoms with van der Waals surface area (Å²) in [5, 5.41) is 1.16. The lowest BCUT2D eigenvalue weighted by Crippen LogP contribution is -2.15. The molecule has 1 aromatic carbocycles. The second-order valence-electron chi connectivity index (χ2n) is 4.01. The molecule has 2 aromatic rings. The second kappa shape index (κ2) is 5.47. The van der Waals surface area contributed by atoms with Gasteiger partial charge < -0.3 is 5.73 Å². The maximum Gasteiger partial charge on any atom is 0.0705 e. The molecule has 0 saturated heterocycles. The molecule has 2 N–H and O–H groups in total. The van der Waals surface area contributed by atoms with Gasteiger partial charge in [-0.3, -0.25) is 4.98 Å². The van der Waals surface area contributed by atoms with Crippen molar-refractivity contribution in [3.05, 3.63) is 42.1 Å². The molecule has 0 aliphatic heterocycles. The van der Waals surface area contributed by atoms with E-state index < -0.39 is 0 Å². The first-order valence-corrected chi connectivity index (χ1v) is 5.88. The molecule has 1 unspecified atom stereocenters. The Hall–Kier alpha value is -1.85. The molecule has 0 fully saturated rings. The molecule has 0 aliphatic rings. The number of rotatable bonds is 2. The molecule has 1 aromatic heterocycles. The smallest absolute Gasteiger partial charge is 0.0705 e. The lowest BCUT2D eigenvalue weighted by molar-refractivity contribution is 0.805. The summed E-state index contributed by atoms with van der Waals surface area (Å²) in [5.41, 5.74) is 7.75. The highest BCUT2D eigenvalue weighted by Gasteiger charge is 1.96. The van der Waals surface area contributed by atoms with Crippen LogP contribution in [0.2, 0.25) is 0 Å². The summed E-state index contributed by atoms with van der Waals surface area (Å²) in [6.45, 7) is 2.04. The number of nitrogens with two attached hydrogens (primary N) is 1. The molecule has 86 valence electrons. The van der Waals surface area contributed by atoms with Gasteiger partial charge in [0.15, 0.2) is 0 Å². The van der Waals surface area contributed by atoms with E-state index in [1.165, 1.54) is 0 Å². The third-order valence-electron chi connectivity index (χ3n) is 2.65. The molecular weight excluding hydrogens is 208 g/mol. The van der Waals surface area contributed by atoms with Crippen LogP contribution in [0, 0.1) is 11.8 Å². The zero-order valence-corrected chi connectivity index (χ0v) is 9.98. The predicted molar refractivity (Wildman–Crippen MR) is 71.5 cm³/mol. The zero-order valence-electron chi connectivity index (χ0n) is 9.98. The summed E-state index contributed by atoms with van der Waals surface area (Å²) in [6, 6.07) is 12.2. The third kappa shape index (κ3) is 3.05. The fourth-order valence-electron chi connectivity index (χ4n) is 1.58. The Morgan fingerprint density at radius 2 is 2.06 bits per heavy atom. The van der Waals surface area contributed by atoms with E-state index >= 15 is 0 Å². The summed E-state index contributed by atoms with van der Waals surface area (Å²) in [7, 11) is 0. The van der Waals surface area contributed by atoms with Crippen molar-refractivity contribution in [3.63, 3.8) is 0 Å². The molecule has 0 spiro atoms. The van der Waals surface area contributed by atoms with Gasteiger partial charge in [-0.05, 0) is 18.6 Å². The molecule has 2 rings (SSSR count). The molecule has 0 aliphatic carbocycles. The van der Waals surface area contributed by atoms with E-state index in [-0.39, 0.29) is 6.04 Å². The number of pyridine rings is 1. The number of hydrogen-bond donors (Lipinski definition) is 1. The van der Waals surface area contributed by atoms with Crippen molar-refractivity contribution in [2.24, 2.45) is 5.73 Å². The first-order chi connectivity index (χ1) is 8.29. The van der Waals surface area contributed by atoms with E-state index in [1.54, 1.807) is 0 Å². The van der Waals surface area contributed by atoms with Crippen LogP contribution < -0.4 is 5.73 Å². The lowest BCUT2D eigenvalue weighted by Gasteiger charge is -1.99. The number of benzene rings is 1. The monoisotopic (exact) mass is 224 g/mol. The van der Waals surface area contributed by atoms with Gasteiger partial charge in [0.25, 0.3) is 0 Å². The minimum absolute atomic E-state index is 0.0181. The molecule has 2 heteroatoms. The molecule has 0 radical (unpaired) electrons. The Labute approximate surface area is 102 Å². The van der Waals surface area contributed by atoms with Gasteiger partial charge in [0.2, 0.25) is 0 Å². The first kappa shape index (κ1) is 11.6. The number of fused-ring (bicyclic) bond motifs is 1. The van der Waals surface area contributed by atoms with E-state index in [1.807, 2.05) is 31.2 Å². The highest BCUT2D eigenvalue weighted by Crippen LogP contribution is 2.11. The molecule has 1 heterocycles. The van der Waals surface area contributed by atoms with Crippen LogP contribution in [0.1, 0.15) is 19.0 Å². The van der Waals surface area contributed by atoms with Crippen molar-refractivity contribution in [2.45, 2.75) is 25.8 Å². The van der Waals surface area contributed by atoms with Crippen LogP contribution in [0.15, 0.2) is 36.4 Å². The highest BCUT2D eigenvalue weighted by molar-refractivity contribution is 5.78. The standard InChI is InChI=1S/C15H16N2/c1-2-13(16)7-5-8-14-11-10-12-6-3-4-9-15(12)17-14/h3-4,6,9-11,13H,2,8,16H2,1H3. The van der Waals surface area contributed by atoms with Crippen LogP contribution in [0.3, 0.4) is 0 Å². The molecule has 1 atom stereocenters. The fraction of sp³-hybridized carbons (Fsp3) is 0.267. The van der Waals surface area contributed by atoms with Gasteiger partial charge in [-0.25, -0.2) is 0 Å². The summed E-state index contributed by atoms with van der Waals surface area (Å²) < 4.78 is 0. The summed E-state index contributed by atoms with van der Waals surface area (Å²) in [5.74, 6) is 6.10. The molecule has 0 amide bonds. The molecule has 17 heavy (non-hydrogen) atoms. The average molecular weight is 224 g/mol. The van der Waals surface area contributed by atoms with Crippen LogP contribution in [0.4, 0.5) is 0 Å². The maximum absolute atomic E-state index is 5.73. The Morgan fingerprint density at radius 3 is 2.88 bits per heavy atom. The topological polar surface area (TPSA) is 38.9 Å². The molecule has 0 bridgehead atoms. The van der Waals surface area contributed by atoms with Crippen molar-refractivity contribution in [1.82, 2.24) is 4.98 Å². The normalized spacial score (nSPS) is 11.9. The molecule has 2 nitrogen and oxygen atoms in total.